The summed E-state index contributed by atoms with van der Waals surface area (Å²) in [6.07, 6.45) is 3.12. The van der Waals surface area contributed by atoms with Gasteiger partial charge in [-0.25, -0.2) is 17.5 Å². The van der Waals surface area contributed by atoms with E-state index in [9.17, 15) is 13.2 Å². The molecule has 0 spiro atoms. The first-order chi connectivity index (χ1) is 15.9. The summed E-state index contributed by atoms with van der Waals surface area (Å²) in [7, 11) is -3.06. The van der Waals surface area contributed by atoms with Gasteiger partial charge in [0.15, 0.2) is 0 Å². The van der Waals surface area contributed by atoms with Crippen LogP contribution >= 0.6 is 0 Å². The molecule has 8 nitrogen and oxygen atoms in total. The predicted molar refractivity (Wildman–Crippen MR) is 128 cm³/mol. The lowest BCUT2D eigenvalue weighted by Gasteiger charge is -2.42. The molecular weight excluding hydrogens is 442 g/mol. The zero-order valence-corrected chi connectivity index (χ0v) is 19.8. The van der Waals surface area contributed by atoms with E-state index >= 15 is 0 Å². The molecule has 0 N–H and O–H groups in total. The van der Waals surface area contributed by atoms with E-state index in [1.165, 1.54) is 23.1 Å². The third-order valence-corrected chi connectivity index (χ3v) is 8.04. The average molecular weight is 472 g/mol. The van der Waals surface area contributed by atoms with Crippen LogP contribution in [0, 0.1) is 6.92 Å². The molecule has 2 aliphatic heterocycles. The second-order valence-corrected chi connectivity index (χ2v) is 10.5. The molecule has 33 heavy (non-hydrogen) atoms. The van der Waals surface area contributed by atoms with Crippen molar-refractivity contribution >= 4 is 26.6 Å². The Morgan fingerprint density at radius 2 is 1.85 bits per heavy atom. The number of ether oxygens (including phenoxy) is 1. The van der Waals surface area contributed by atoms with E-state index < -0.39 is 15.8 Å². The molecule has 1 aromatic heterocycles. The van der Waals surface area contributed by atoms with Crippen molar-refractivity contribution in [3.63, 3.8) is 0 Å². The number of para-hydroxylation sites is 2. The molecule has 1 saturated heterocycles. The Hall–Kier alpha value is -2.75. The van der Waals surface area contributed by atoms with Gasteiger partial charge in [-0.05, 0) is 44.4 Å². The number of hydrogen-bond acceptors (Lipinski definition) is 7. The van der Waals surface area contributed by atoms with Gasteiger partial charge in [0.25, 0.3) is 0 Å². The molecule has 3 heterocycles. The van der Waals surface area contributed by atoms with Crippen LogP contribution < -0.4 is 10.7 Å². The van der Waals surface area contributed by atoms with Gasteiger partial charge < -0.3 is 14.1 Å². The van der Waals surface area contributed by atoms with Crippen molar-refractivity contribution in [3.8, 4) is 0 Å². The molecule has 0 amide bonds. The number of anilines is 1. The standard InChI is InChI=1S/C16H24N2O3S.C8H5NO2/c1-3-22(19,20)17-9-7-15(8-10-17)18-12-21-11-14-6-4-5-13(2)16(14)18;10-8-9-7-4-2-1-3-6(7)5-11-8/h4-6,15H,3,7-12H2,1-2H3;1-5H. The first kappa shape index (κ1) is 23.4. The van der Waals surface area contributed by atoms with Gasteiger partial charge in [-0.3, -0.25) is 0 Å². The second kappa shape index (κ2) is 10.0. The van der Waals surface area contributed by atoms with Crippen molar-refractivity contribution in [1.29, 1.82) is 0 Å². The number of fused-ring (bicyclic) bond motifs is 2. The summed E-state index contributed by atoms with van der Waals surface area (Å²) in [5.41, 5.74) is 4.45. The maximum Gasteiger partial charge on any atom is 0.439 e. The van der Waals surface area contributed by atoms with Crippen LogP contribution in [0.15, 0.2) is 57.9 Å². The van der Waals surface area contributed by atoms with Gasteiger partial charge in [-0.2, -0.15) is 4.98 Å². The molecule has 0 unspecified atom stereocenters. The number of rotatable bonds is 3. The number of nitrogens with zero attached hydrogens (tertiary/aromatic N) is 3. The van der Waals surface area contributed by atoms with E-state index in [0.717, 1.165) is 18.2 Å². The molecule has 3 aromatic rings. The maximum absolute atomic E-state index is 12.0. The average Bonchev–Trinajstić information content (AvgIpc) is 2.84. The topological polar surface area (TPSA) is 93.0 Å². The number of piperidine rings is 1. The second-order valence-electron chi connectivity index (χ2n) is 8.23. The lowest BCUT2D eigenvalue weighted by Crippen LogP contribution is -2.49. The molecule has 0 bridgehead atoms. The molecule has 0 aliphatic carbocycles. The minimum atomic E-state index is -3.06. The van der Waals surface area contributed by atoms with Gasteiger partial charge >= 0.3 is 5.76 Å². The van der Waals surface area contributed by atoms with Gasteiger partial charge in [-0.15, -0.1) is 0 Å². The van der Waals surface area contributed by atoms with Crippen LogP contribution in [0.2, 0.25) is 0 Å². The van der Waals surface area contributed by atoms with E-state index in [1.807, 2.05) is 18.2 Å². The molecule has 1 fully saturated rings. The van der Waals surface area contributed by atoms with Crippen molar-refractivity contribution in [2.75, 3.05) is 30.5 Å². The fourth-order valence-electron chi connectivity index (χ4n) is 4.40. The Morgan fingerprint density at radius 3 is 2.61 bits per heavy atom. The lowest BCUT2D eigenvalue weighted by molar-refractivity contribution is 0.0986. The zero-order chi connectivity index (χ0) is 23.4. The van der Waals surface area contributed by atoms with Crippen LogP contribution in [-0.2, 0) is 21.4 Å². The summed E-state index contributed by atoms with van der Waals surface area (Å²) in [5, 5.41) is 0.840. The Bertz CT molecular complexity index is 1270. The van der Waals surface area contributed by atoms with Crippen LogP contribution in [0.4, 0.5) is 5.69 Å². The number of hydrogen-bond donors (Lipinski definition) is 0. The fraction of sp³-hybridized carbons (Fsp3) is 0.417. The molecule has 2 aromatic carbocycles. The van der Waals surface area contributed by atoms with E-state index in [4.69, 9.17) is 4.74 Å². The highest BCUT2D eigenvalue weighted by molar-refractivity contribution is 7.89. The molecule has 0 saturated carbocycles. The van der Waals surface area contributed by atoms with E-state index in [2.05, 4.69) is 39.4 Å². The SMILES string of the molecule is CCS(=O)(=O)N1CCC(N2COCc3cccc(C)c32)CC1.O=c1nc2ccccc2co1. The van der Waals surface area contributed by atoms with Crippen molar-refractivity contribution in [1.82, 2.24) is 9.29 Å². The molecule has 2 aliphatic rings. The number of aromatic nitrogens is 1. The van der Waals surface area contributed by atoms with Gasteiger partial charge in [0.2, 0.25) is 10.0 Å². The number of benzene rings is 2. The monoisotopic (exact) mass is 471 g/mol. The van der Waals surface area contributed by atoms with Gasteiger partial charge in [0.1, 0.15) is 13.0 Å². The largest absolute Gasteiger partial charge is 0.439 e. The first-order valence-corrected chi connectivity index (χ1v) is 12.7. The van der Waals surface area contributed by atoms with Crippen LogP contribution in [-0.4, -0.2) is 49.3 Å². The highest BCUT2D eigenvalue weighted by Gasteiger charge is 2.32. The normalized spacial score (nSPS) is 17.3. The van der Waals surface area contributed by atoms with Crippen LogP contribution in [0.5, 0.6) is 0 Å². The quantitative estimate of drug-likeness (QED) is 0.579. The Kier molecular flexibility index (Phi) is 7.11. The maximum atomic E-state index is 12.0. The van der Waals surface area contributed by atoms with E-state index in [0.29, 0.717) is 38.0 Å². The van der Waals surface area contributed by atoms with Crippen molar-refractivity contribution < 1.29 is 17.6 Å². The summed E-state index contributed by atoms with van der Waals surface area (Å²) in [4.78, 5) is 16.6. The summed E-state index contributed by atoms with van der Waals surface area (Å²) >= 11 is 0. The van der Waals surface area contributed by atoms with Crippen LogP contribution in [0.3, 0.4) is 0 Å². The zero-order valence-electron chi connectivity index (χ0n) is 18.9. The fourth-order valence-corrected chi connectivity index (χ4v) is 5.53. The highest BCUT2D eigenvalue weighted by atomic mass is 32.2. The van der Waals surface area contributed by atoms with Crippen molar-refractivity contribution in [2.24, 2.45) is 0 Å². The lowest BCUT2D eigenvalue weighted by atomic mass is 10.00. The summed E-state index contributed by atoms with van der Waals surface area (Å²) in [5.74, 6) is -0.365. The van der Waals surface area contributed by atoms with Gasteiger partial charge in [0, 0.05) is 35.8 Å². The van der Waals surface area contributed by atoms with Crippen molar-refractivity contribution in [2.45, 2.75) is 39.3 Å². The first-order valence-electron chi connectivity index (χ1n) is 11.1. The molecule has 5 rings (SSSR count). The van der Waals surface area contributed by atoms with Crippen molar-refractivity contribution in [3.05, 3.63) is 70.4 Å². The highest BCUT2D eigenvalue weighted by Crippen LogP contribution is 2.33. The Labute approximate surface area is 193 Å². The van der Waals surface area contributed by atoms with Gasteiger partial charge in [-0.1, -0.05) is 30.3 Å². The van der Waals surface area contributed by atoms with Gasteiger partial charge in [0.05, 0.1) is 17.9 Å². The molecule has 0 atom stereocenters. The number of aryl methyl sites for hydroxylation is 1. The molecule has 9 heteroatoms. The Balaban J connectivity index is 0.000000196. The summed E-state index contributed by atoms with van der Waals surface area (Å²) in [6, 6.07) is 14.0. The third-order valence-electron chi connectivity index (χ3n) is 6.15. The predicted octanol–water partition coefficient (Wildman–Crippen LogP) is 3.29. The molecular formula is C24H29N3O5S. The number of sulfonamides is 1. The summed E-state index contributed by atoms with van der Waals surface area (Å²) < 4.78 is 35.9. The summed E-state index contributed by atoms with van der Waals surface area (Å²) in [6.45, 7) is 6.32. The Morgan fingerprint density at radius 1 is 1.09 bits per heavy atom. The smallest absolute Gasteiger partial charge is 0.416 e. The van der Waals surface area contributed by atoms with Crippen LogP contribution in [0.1, 0.15) is 30.9 Å². The van der Waals surface area contributed by atoms with E-state index in [1.54, 1.807) is 17.3 Å². The molecule has 0 radical (unpaired) electrons. The third kappa shape index (κ3) is 5.26. The minimum absolute atomic E-state index is 0.187. The van der Waals surface area contributed by atoms with E-state index in [-0.39, 0.29) is 5.75 Å². The van der Waals surface area contributed by atoms with Crippen LogP contribution in [0.25, 0.3) is 10.9 Å². The minimum Gasteiger partial charge on any atom is -0.416 e. The molecule has 176 valence electrons.